The van der Waals surface area contributed by atoms with Gasteiger partial charge in [-0.15, -0.1) is 0 Å². The second kappa shape index (κ2) is 6.92. The van der Waals surface area contributed by atoms with E-state index in [9.17, 15) is 0 Å². The van der Waals surface area contributed by atoms with Crippen LogP contribution < -0.4 is 10.1 Å². The van der Waals surface area contributed by atoms with Crippen molar-refractivity contribution in [3.05, 3.63) is 28.2 Å². The molecule has 0 heterocycles. The number of ether oxygens (including phenoxy) is 1. The Hall–Kier alpha value is -0.540. The van der Waals surface area contributed by atoms with Gasteiger partial charge in [-0.25, -0.2) is 0 Å². The summed E-state index contributed by atoms with van der Waals surface area (Å²) in [5, 5.41) is 3.32. The number of rotatable bonds is 6. The lowest BCUT2D eigenvalue weighted by atomic mass is 10.2. The summed E-state index contributed by atoms with van der Waals surface area (Å²) >= 11 is 3.49. The van der Waals surface area contributed by atoms with Gasteiger partial charge in [0.15, 0.2) is 0 Å². The van der Waals surface area contributed by atoms with Crippen LogP contribution in [0.1, 0.15) is 32.8 Å². The topological polar surface area (TPSA) is 21.3 Å². The molecule has 0 spiro atoms. The lowest BCUT2D eigenvalue weighted by molar-refractivity contribution is 0.215. The Bertz CT molecular complexity index is 328. The van der Waals surface area contributed by atoms with E-state index in [4.69, 9.17) is 4.74 Å². The molecule has 1 aromatic rings. The molecule has 1 unspecified atom stereocenters. The first-order chi connectivity index (χ1) is 7.67. The molecular formula is C13H20BrNO. The van der Waals surface area contributed by atoms with Crippen molar-refractivity contribution < 1.29 is 4.74 Å². The van der Waals surface area contributed by atoms with E-state index in [1.54, 1.807) is 0 Å². The molecule has 0 aliphatic heterocycles. The molecule has 0 aliphatic carbocycles. The quantitative estimate of drug-likeness (QED) is 0.860. The predicted molar refractivity (Wildman–Crippen MR) is 71.9 cm³/mol. The summed E-state index contributed by atoms with van der Waals surface area (Å²) in [6.45, 7) is 8.15. The first-order valence-corrected chi connectivity index (χ1v) is 6.62. The first-order valence-electron chi connectivity index (χ1n) is 5.83. The summed E-state index contributed by atoms with van der Waals surface area (Å²) in [6, 6.07) is 6.16. The van der Waals surface area contributed by atoms with Crippen LogP contribution in [0.5, 0.6) is 5.75 Å². The van der Waals surface area contributed by atoms with Crippen LogP contribution >= 0.6 is 15.9 Å². The van der Waals surface area contributed by atoms with Crippen LogP contribution in [0, 0.1) is 0 Å². The SMILES string of the molecule is CCNCc1cc(Br)ccc1OC(C)CC. The Balaban J connectivity index is 2.80. The fraction of sp³-hybridized carbons (Fsp3) is 0.538. The van der Waals surface area contributed by atoms with Crippen molar-refractivity contribution in [3.63, 3.8) is 0 Å². The molecule has 1 rings (SSSR count). The largest absolute Gasteiger partial charge is 0.490 e. The van der Waals surface area contributed by atoms with Crippen LogP contribution in [0.15, 0.2) is 22.7 Å². The van der Waals surface area contributed by atoms with Gasteiger partial charge in [-0.1, -0.05) is 29.8 Å². The van der Waals surface area contributed by atoms with E-state index in [1.807, 2.05) is 12.1 Å². The molecule has 16 heavy (non-hydrogen) atoms. The van der Waals surface area contributed by atoms with Crippen molar-refractivity contribution in [2.75, 3.05) is 6.54 Å². The lowest BCUT2D eigenvalue weighted by Gasteiger charge is -2.16. The first kappa shape index (κ1) is 13.5. The van der Waals surface area contributed by atoms with Gasteiger partial charge in [-0.05, 0) is 38.1 Å². The lowest BCUT2D eigenvalue weighted by Crippen LogP contribution is -2.15. The minimum absolute atomic E-state index is 0.265. The zero-order valence-corrected chi connectivity index (χ0v) is 11.8. The highest BCUT2D eigenvalue weighted by atomic mass is 79.9. The second-order valence-electron chi connectivity index (χ2n) is 3.87. The minimum atomic E-state index is 0.265. The van der Waals surface area contributed by atoms with Crippen molar-refractivity contribution in [2.45, 2.75) is 39.8 Å². The number of hydrogen-bond donors (Lipinski definition) is 1. The number of nitrogens with one attached hydrogen (secondary N) is 1. The number of halogens is 1. The highest BCUT2D eigenvalue weighted by molar-refractivity contribution is 9.10. The molecule has 1 aromatic carbocycles. The molecule has 0 fully saturated rings. The minimum Gasteiger partial charge on any atom is -0.490 e. The maximum atomic E-state index is 5.89. The maximum absolute atomic E-state index is 5.89. The Morgan fingerprint density at radius 3 is 2.75 bits per heavy atom. The molecule has 2 nitrogen and oxygen atoms in total. The van der Waals surface area contributed by atoms with E-state index in [-0.39, 0.29) is 6.10 Å². The third-order valence-electron chi connectivity index (χ3n) is 2.49. The highest BCUT2D eigenvalue weighted by Crippen LogP contribution is 2.24. The molecule has 90 valence electrons. The summed E-state index contributed by atoms with van der Waals surface area (Å²) in [5.74, 6) is 0.985. The molecule has 0 saturated carbocycles. The summed E-state index contributed by atoms with van der Waals surface area (Å²) in [4.78, 5) is 0. The molecule has 0 aromatic heterocycles. The standard InChI is InChI=1S/C13H20BrNO/c1-4-10(3)16-13-7-6-12(14)8-11(13)9-15-5-2/h6-8,10,15H,4-5,9H2,1-3H3. The smallest absolute Gasteiger partial charge is 0.124 e. The van der Waals surface area contributed by atoms with E-state index >= 15 is 0 Å². The van der Waals surface area contributed by atoms with Gasteiger partial charge in [0.25, 0.3) is 0 Å². The molecule has 3 heteroatoms. The van der Waals surface area contributed by atoms with Gasteiger partial charge >= 0.3 is 0 Å². The van der Waals surface area contributed by atoms with Gasteiger partial charge in [0.05, 0.1) is 6.10 Å². The molecular weight excluding hydrogens is 266 g/mol. The zero-order chi connectivity index (χ0) is 12.0. The van der Waals surface area contributed by atoms with Crippen molar-refractivity contribution in [1.82, 2.24) is 5.32 Å². The van der Waals surface area contributed by atoms with E-state index in [0.29, 0.717) is 0 Å². The average Bonchev–Trinajstić information content (AvgIpc) is 2.29. The van der Waals surface area contributed by atoms with Crippen LogP contribution in [0.3, 0.4) is 0 Å². The zero-order valence-electron chi connectivity index (χ0n) is 10.2. The van der Waals surface area contributed by atoms with Crippen molar-refractivity contribution >= 4 is 15.9 Å². The molecule has 0 radical (unpaired) electrons. The molecule has 1 N–H and O–H groups in total. The van der Waals surface area contributed by atoms with Gasteiger partial charge in [0.1, 0.15) is 5.75 Å². The van der Waals surface area contributed by atoms with Crippen LogP contribution in [0.4, 0.5) is 0 Å². The predicted octanol–water partition coefficient (Wildman–Crippen LogP) is 3.74. The van der Waals surface area contributed by atoms with E-state index in [0.717, 1.165) is 29.7 Å². The molecule has 0 bridgehead atoms. The molecule has 0 amide bonds. The van der Waals surface area contributed by atoms with Crippen LogP contribution in [0.25, 0.3) is 0 Å². The third kappa shape index (κ3) is 4.14. The second-order valence-corrected chi connectivity index (χ2v) is 4.78. The average molecular weight is 286 g/mol. The van der Waals surface area contributed by atoms with Crippen molar-refractivity contribution in [1.29, 1.82) is 0 Å². The van der Waals surface area contributed by atoms with E-state index in [1.165, 1.54) is 5.56 Å². The Kier molecular flexibility index (Phi) is 5.85. The molecule has 0 saturated heterocycles. The number of hydrogen-bond acceptors (Lipinski definition) is 2. The van der Waals surface area contributed by atoms with E-state index < -0.39 is 0 Å². The van der Waals surface area contributed by atoms with Gasteiger partial charge in [0, 0.05) is 16.6 Å². The Morgan fingerprint density at radius 2 is 2.12 bits per heavy atom. The monoisotopic (exact) mass is 285 g/mol. The fourth-order valence-electron chi connectivity index (χ4n) is 1.36. The van der Waals surface area contributed by atoms with Gasteiger partial charge in [0.2, 0.25) is 0 Å². The highest BCUT2D eigenvalue weighted by Gasteiger charge is 2.07. The van der Waals surface area contributed by atoms with Gasteiger partial charge < -0.3 is 10.1 Å². The summed E-state index contributed by atoms with van der Waals surface area (Å²) in [7, 11) is 0. The Morgan fingerprint density at radius 1 is 1.38 bits per heavy atom. The Labute approximate surface area is 107 Å². The van der Waals surface area contributed by atoms with Crippen LogP contribution in [0.2, 0.25) is 0 Å². The molecule has 0 aliphatic rings. The summed E-state index contributed by atoms with van der Waals surface area (Å²) < 4.78 is 6.98. The van der Waals surface area contributed by atoms with Crippen LogP contribution in [-0.2, 0) is 6.54 Å². The van der Waals surface area contributed by atoms with Gasteiger partial charge in [-0.2, -0.15) is 0 Å². The fourth-order valence-corrected chi connectivity index (χ4v) is 1.77. The van der Waals surface area contributed by atoms with Crippen LogP contribution in [-0.4, -0.2) is 12.6 Å². The van der Waals surface area contributed by atoms with Crippen molar-refractivity contribution in [2.24, 2.45) is 0 Å². The number of benzene rings is 1. The summed E-state index contributed by atoms with van der Waals surface area (Å²) in [5.41, 5.74) is 1.21. The molecule has 1 atom stereocenters. The third-order valence-corrected chi connectivity index (χ3v) is 2.98. The normalized spacial score (nSPS) is 12.5. The van der Waals surface area contributed by atoms with E-state index in [2.05, 4.69) is 48.1 Å². The van der Waals surface area contributed by atoms with Gasteiger partial charge in [-0.3, -0.25) is 0 Å². The summed E-state index contributed by atoms with van der Waals surface area (Å²) in [6.07, 6.45) is 1.29. The maximum Gasteiger partial charge on any atom is 0.124 e. The van der Waals surface area contributed by atoms with Crippen molar-refractivity contribution in [3.8, 4) is 5.75 Å².